The normalized spacial score (nSPS) is 11.6. The second kappa shape index (κ2) is 11.0. The summed E-state index contributed by atoms with van der Waals surface area (Å²) in [5.41, 5.74) is 1.23. The Bertz CT molecular complexity index is 1570. The van der Waals surface area contributed by atoms with Crippen LogP contribution in [-0.2, 0) is 26.1 Å². The number of benzene rings is 3. The second-order valence-electron chi connectivity index (χ2n) is 8.19. The van der Waals surface area contributed by atoms with Crippen LogP contribution in [0.25, 0.3) is 10.1 Å². The summed E-state index contributed by atoms with van der Waals surface area (Å²) >= 11 is 7.40. The Morgan fingerprint density at radius 2 is 1.81 bits per heavy atom. The molecule has 1 heterocycles. The molecule has 4 rings (SSSR count). The molecule has 0 spiro atoms. The van der Waals surface area contributed by atoms with E-state index in [-0.39, 0.29) is 15.5 Å². The highest BCUT2D eigenvalue weighted by molar-refractivity contribution is 7.89. The monoisotopic (exact) mass is 560 g/mol. The van der Waals surface area contributed by atoms with Crippen molar-refractivity contribution in [3.05, 3.63) is 93.6 Å². The number of carbonyl (C=O) groups is 2. The van der Waals surface area contributed by atoms with Gasteiger partial charge in [-0.1, -0.05) is 35.4 Å². The number of sulfonamides is 1. The molecule has 0 fully saturated rings. The van der Waals surface area contributed by atoms with E-state index in [2.05, 4.69) is 5.32 Å². The Labute approximate surface area is 222 Å². The van der Waals surface area contributed by atoms with Crippen molar-refractivity contribution in [1.29, 1.82) is 0 Å². The Kier molecular flexibility index (Phi) is 7.93. The van der Waals surface area contributed by atoms with Crippen LogP contribution in [0, 0.1) is 12.7 Å². The van der Waals surface area contributed by atoms with Gasteiger partial charge in [0, 0.05) is 27.5 Å². The number of carbonyl (C=O) groups excluding carboxylic acids is 2. The van der Waals surface area contributed by atoms with Gasteiger partial charge in [0.1, 0.15) is 10.7 Å². The zero-order valence-electron chi connectivity index (χ0n) is 19.8. The van der Waals surface area contributed by atoms with Crippen LogP contribution < -0.4 is 5.32 Å². The van der Waals surface area contributed by atoms with Crippen LogP contribution in [0.1, 0.15) is 20.8 Å². The molecule has 0 saturated carbocycles. The highest BCUT2D eigenvalue weighted by Crippen LogP contribution is 2.29. The molecule has 0 aliphatic rings. The van der Waals surface area contributed by atoms with Crippen LogP contribution in [0.5, 0.6) is 0 Å². The van der Waals surface area contributed by atoms with Crippen molar-refractivity contribution in [3.8, 4) is 0 Å². The average Bonchev–Trinajstić information content (AvgIpc) is 3.29. The minimum Gasteiger partial charge on any atom is -0.465 e. The maximum Gasteiger partial charge on any atom is 0.348 e. The molecule has 0 aliphatic heterocycles. The predicted molar refractivity (Wildman–Crippen MR) is 142 cm³/mol. The van der Waals surface area contributed by atoms with Crippen molar-refractivity contribution >= 4 is 60.6 Å². The smallest absolute Gasteiger partial charge is 0.348 e. The molecule has 0 bridgehead atoms. The van der Waals surface area contributed by atoms with E-state index < -0.39 is 40.8 Å². The van der Waals surface area contributed by atoms with Gasteiger partial charge in [-0.15, -0.1) is 11.3 Å². The molecule has 192 valence electrons. The third kappa shape index (κ3) is 5.99. The number of methoxy groups -OCH3 is 1. The molecule has 11 heteroatoms. The van der Waals surface area contributed by atoms with E-state index in [4.69, 9.17) is 16.3 Å². The summed E-state index contributed by atoms with van der Waals surface area (Å²) in [7, 11) is -2.89. The van der Waals surface area contributed by atoms with Crippen LogP contribution in [0.15, 0.2) is 71.6 Å². The summed E-state index contributed by atoms with van der Waals surface area (Å²) in [6, 6.07) is 16.9. The van der Waals surface area contributed by atoms with E-state index in [1.807, 2.05) is 6.92 Å². The van der Waals surface area contributed by atoms with Crippen molar-refractivity contribution in [2.75, 3.05) is 19.0 Å². The van der Waals surface area contributed by atoms with E-state index in [0.717, 1.165) is 14.6 Å². The van der Waals surface area contributed by atoms with Crippen LogP contribution in [-0.4, -0.2) is 38.3 Å². The second-order valence-corrected chi connectivity index (χ2v) is 11.6. The summed E-state index contributed by atoms with van der Waals surface area (Å²) in [4.78, 5) is 25.2. The Balaban J connectivity index is 1.61. The van der Waals surface area contributed by atoms with Gasteiger partial charge in [-0.3, -0.25) is 4.79 Å². The number of hydrogen-bond acceptors (Lipinski definition) is 6. The van der Waals surface area contributed by atoms with Gasteiger partial charge in [-0.25, -0.2) is 17.6 Å². The molecule has 0 radical (unpaired) electrons. The summed E-state index contributed by atoms with van der Waals surface area (Å²) in [5, 5.41) is 3.44. The lowest BCUT2D eigenvalue weighted by Crippen LogP contribution is -2.37. The molecule has 0 unspecified atom stereocenters. The van der Waals surface area contributed by atoms with E-state index >= 15 is 0 Å². The number of rotatable bonds is 8. The fourth-order valence-corrected chi connectivity index (χ4v) is 6.18. The largest absolute Gasteiger partial charge is 0.465 e. The first kappa shape index (κ1) is 26.7. The molecule has 1 aromatic heterocycles. The lowest BCUT2D eigenvalue weighted by molar-refractivity contribution is -0.116. The fraction of sp³-hybridized carbons (Fsp3) is 0.154. The van der Waals surface area contributed by atoms with E-state index in [0.29, 0.717) is 16.0 Å². The topological polar surface area (TPSA) is 92.8 Å². The summed E-state index contributed by atoms with van der Waals surface area (Å²) < 4.78 is 47.9. The standard InChI is InChI=1S/C26H22ClFN2O5S2/c1-16-6-9-19(10-7-16)37(33,34)30(14-20-21(27)4-3-5-22(20)28)15-25(31)29-18-8-11-23-17(12-18)13-24(36-23)26(32)35-2/h3-13H,14-15H2,1-2H3,(H,29,31). The van der Waals surface area contributed by atoms with Gasteiger partial charge in [0.15, 0.2) is 0 Å². The minimum atomic E-state index is -4.18. The Morgan fingerprint density at radius 3 is 2.49 bits per heavy atom. The number of nitrogens with zero attached hydrogens (tertiary/aromatic N) is 1. The van der Waals surface area contributed by atoms with Crippen LogP contribution in [0.3, 0.4) is 0 Å². The van der Waals surface area contributed by atoms with Gasteiger partial charge >= 0.3 is 5.97 Å². The zero-order chi connectivity index (χ0) is 26.7. The number of fused-ring (bicyclic) bond motifs is 1. The molecule has 37 heavy (non-hydrogen) atoms. The molecule has 0 atom stereocenters. The fourth-order valence-electron chi connectivity index (χ4n) is 3.63. The number of thiophene rings is 1. The highest BCUT2D eigenvalue weighted by Gasteiger charge is 2.28. The molecule has 0 saturated heterocycles. The first-order chi connectivity index (χ1) is 17.6. The molecular weight excluding hydrogens is 539 g/mol. The van der Waals surface area contributed by atoms with E-state index in [1.54, 1.807) is 36.4 Å². The predicted octanol–water partition coefficient (Wildman–Crippen LogP) is 5.62. The number of halogens is 2. The van der Waals surface area contributed by atoms with E-state index in [9.17, 15) is 22.4 Å². The van der Waals surface area contributed by atoms with Crippen molar-refractivity contribution in [1.82, 2.24) is 4.31 Å². The molecule has 1 amide bonds. The maximum atomic E-state index is 14.5. The van der Waals surface area contributed by atoms with Crippen molar-refractivity contribution < 1.29 is 27.1 Å². The number of aryl methyl sites for hydroxylation is 1. The van der Waals surface area contributed by atoms with Gasteiger partial charge < -0.3 is 10.1 Å². The van der Waals surface area contributed by atoms with Crippen molar-refractivity contribution in [2.24, 2.45) is 0 Å². The molecule has 0 aliphatic carbocycles. The molecule has 7 nitrogen and oxygen atoms in total. The molecule has 1 N–H and O–H groups in total. The number of esters is 1. The number of amides is 1. The van der Waals surface area contributed by atoms with Crippen LogP contribution in [0.2, 0.25) is 5.02 Å². The highest BCUT2D eigenvalue weighted by atomic mass is 35.5. The third-order valence-electron chi connectivity index (χ3n) is 5.56. The summed E-state index contributed by atoms with van der Waals surface area (Å²) in [5.74, 6) is -1.78. The van der Waals surface area contributed by atoms with Crippen molar-refractivity contribution in [2.45, 2.75) is 18.4 Å². The molecular formula is C26H22ClFN2O5S2. The van der Waals surface area contributed by atoms with Gasteiger partial charge in [0.25, 0.3) is 0 Å². The van der Waals surface area contributed by atoms with Crippen molar-refractivity contribution in [3.63, 3.8) is 0 Å². The Hall–Kier alpha value is -3.31. The third-order valence-corrected chi connectivity index (χ3v) is 8.82. The average molecular weight is 561 g/mol. The summed E-state index contributed by atoms with van der Waals surface area (Å²) in [6.45, 7) is 0.788. The first-order valence-electron chi connectivity index (χ1n) is 11.0. The van der Waals surface area contributed by atoms with Crippen LogP contribution >= 0.6 is 22.9 Å². The molecule has 4 aromatic rings. The van der Waals surface area contributed by atoms with Gasteiger partial charge in [0.2, 0.25) is 15.9 Å². The van der Waals surface area contributed by atoms with Gasteiger partial charge in [0.05, 0.1) is 18.6 Å². The molecule has 3 aromatic carbocycles. The van der Waals surface area contributed by atoms with Gasteiger partial charge in [-0.2, -0.15) is 4.31 Å². The lowest BCUT2D eigenvalue weighted by atomic mass is 10.2. The maximum absolute atomic E-state index is 14.5. The zero-order valence-corrected chi connectivity index (χ0v) is 22.2. The summed E-state index contributed by atoms with van der Waals surface area (Å²) in [6.07, 6.45) is 0. The number of ether oxygens (including phenoxy) is 1. The van der Waals surface area contributed by atoms with Crippen LogP contribution in [0.4, 0.5) is 10.1 Å². The number of hydrogen-bond donors (Lipinski definition) is 1. The SMILES string of the molecule is COC(=O)c1cc2cc(NC(=O)CN(Cc3c(F)cccc3Cl)S(=O)(=O)c3ccc(C)cc3)ccc2s1. The lowest BCUT2D eigenvalue weighted by Gasteiger charge is -2.23. The number of nitrogens with one attached hydrogen (secondary N) is 1. The van der Waals surface area contributed by atoms with E-state index in [1.165, 1.54) is 48.8 Å². The quantitative estimate of drug-likeness (QED) is 0.282. The first-order valence-corrected chi connectivity index (χ1v) is 13.6. The Morgan fingerprint density at radius 1 is 1.08 bits per heavy atom. The minimum absolute atomic E-state index is 0.0339. The van der Waals surface area contributed by atoms with Gasteiger partial charge in [-0.05, 0) is 60.8 Å². The number of anilines is 1.